The molecule has 1 aliphatic heterocycles. The van der Waals surface area contributed by atoms with E-state index in [1.165, 1.54) is 0 Å². The third-order valence-electron chi connectivity index (χ3n) is 3.36. The van der Waals surface area contributed by atoms with Gasteiger partial charge in [0.05, 0.1) is 24.3 Å². The molecule has 0 amide bonds. The van der Waals surface area contributed by atoms with E-state index in [1.807, 2.05) is 36.2 Å². The summed E-state index contributed by atoms with van der Waals surface area (Å²) in [6.07, 6.45) is 1.99. The van der Waals surface area contributed by atoms with E-state index in [0.717, 1.165) is 34.6 Å². The number of aromatic nitrogens is 1. The Morgan fingerprint density at radius 1 is 1.42 bits per heavy atom. The van der Waals surface area contributed by atoms with Gasteiger partial charge in [-0.2, -0.15) is 11.8 Å². The van der Waals surface area contributed by atoms with Crippen molar-refractivity contribution in [3.05, 3.63) is 42.1 Å². The smallest absolute Gasteiger partial charge is 0.0873 e. The number of nitrogens with zero attached hydrogens (tertiary/aromatic N) is 1. The molecule has 0 radical (unpaired) electrons. The van der Waals surface area contributed by atoms with Crippen LogP contribution in [-0.4, -0.2) is 29.2 Å². The van der Waals surface area contributed by atoms with Gasteiger partial charge in [-0.05, 0) is 17.7 Å². The minimum absolute atomic E-state index is 0.00935. The second-order valence-corrected chi connectivity index (χ2v) is 5.74. The van der Waals surface area contributed by atoms with Crippen LogP contribution in [0, 0.1) is 0 Å². The molecular weight excluding hydrogens is 258 g/mol. The average molecular weight is 275 g/mol. The van der Waals surface area contributed by atoms with Gasteiger partial charge in [-0.3, -0.25) is 16.3 Å². The normalized spacial score (nSPS) is 21.4. The number of para-hydroxylation sites is 1. The van der Waals surface area contributed by atoms with Crippen molar-refractivity contribution in [1.82, 2.24) is 10.4 Å². The number of pyridine rings is 1. The highest BCUT2D eigenvalue weighted by atomic mass is 32.2. The summed E-state index contributed by atoms with van der Waals surface area (Å²) in [5.41, 5.74) is 4.95. The van der Waals surface area contributed by atoms with Crippen LogP contribution in [0.4, 0.5) is 0 Å². The van der Waals surface area contributed by atoms with Crippen molar-refractivity contribution in [1.29, 1.82) is 0 Å². The molecule has 100 valence electrons. The van der Waals surface area contributed by atoms with Crippen molar-refractivity contribution >= 4 is 22.7 Å². The van der Waals surface area contributed by atoms with E-state index in [0.29, 0.717) is 0 Å². The summed E-state index contributed by atoms with van der Waals surface area (Å²) < 4.78 is 5.81. The average Bonchev–Trinajstić information content (AvgIpc) is 2.49. The molecule has 0 aliphatic carbocycles. The third-order valence-corrected chi connectivity index (χ3v) is 4.38. The molecule has 3 N–H and O–H groups in total. The molecule has 2 heterocycles. The van der Waals surface area contributed by atoms with E-state index >= 15 is 0 Å². The van der Waals surface area contributed by atoms with Gasteiger partial charge in [0.1, 0.15) is 0 Å². The number of hydrazine groups is 1. The quantitative estimate of drug-likeness (QED) is 0.661. The second-order valence-electron chi connectivity index (χ2n) is 4.59. The molecular formula is C14H17N3OS. The standard InChI is InChI=1S/C14H17N3OS/c15-17-14(13-9-19-6-5-18-13)11-7-10-3-1-2-4-12(10)16-8-11/h1-4,7-8,13-14,17H,5-6,9,15H2. The topological polar surface area (TPSA) is 60.2 Å². The number of nitrogens with one attached hydrogen (secondary N) is 1. The Balaban J connectivity index is 1.91. The van der Waals surface area contributed by atoms with Gasteiger partial charge in [-0.25, -0.2) is 0 Å². The van der Waals surface area contributed by atoms with Crippen molar-refractivity contribution < 1.29 is 4.74 Å². The zero-order valence-corrected chi connectivity index (χ0v) is 11.4. The lowest BCUT2D eigenvalue weighted by atomic mass is 10.0. The number of nitrogens with two attached hydrogens (primary N) is 1. The van der Waals surface area contributed by atoms with Gasteiger partial charge in [0.15, 0.2) is 0 Å². The monoisotopic (exact) mass is 275 g/mol. The zero-order chi connectivity index (χ0) is 13.1. The summed E-state index contributed by atoms with van der Waals surface area (Å²) in [5.74, 6) is 7.73. The zero-order valence-electron chi connectivity index (χ0n) is 10.6. The van der Waals surface area contributed by atoms with Gasteiger partial charge in [0, 0.05) is 23.1 Å². The maximum Gasteiger partial charge on any atom is 0.0873 e. The highest BCUT2D eigenvalue weighted by Gasteiger charge is 2.25. The SMILES string of the molecule is NNC(c1cnc2ccccc2c1)C1CSCCO1. The molecule has 19 heavy (non-hydrogen) atoms. The van der Waals surface area contributed by atoms with E-state index in [4.69, 9.17) is 10.6 Å². The van der Waals surface area contributed by atoms with Crippen molar-refractivity contribution in [2.24, 2.45) is 5.84 Å². The van der Waals surface area contributed by atoms with E-state index in [-0.39, 0.29) is 12.1 Å². The van der Waals surface area contributed by atoms with Crippen LogP contribution in [0.2, 0.25) is 0 Å². The first-order valence-electron chi connectivity index (χ1n) is 6.38. The van der Waals surface area contributed by atoms with Crippen LogP contribution < -0.4 is 11.3 Å². The van der Waals surface area contributed by atoms with Gasteiger partial charge in [-0.1, -0.05) is 18.2 Å². The van der Waals surface area contributed by atoms with Crippen molar-refractivity contribution in [3.63, 3.8) is 0 Å². The van der Waals surface area contributed by atoms with Crippen LogP contribution in [0.25, 0.3) is 10.9 Å². The molecule has 1 aliphatic rings. The number of fused-ring (bicyclic) bond motifs is 1. The molecule has 5 heteroatoms. The summed E-state index contributed by atoms with van der Waals surface area (Å²) in [6.45, 7) is 0.786. The number of rotatable bonds is 3. The Bertz CT molecular complexity index is 557. The summed E-state index contributed by atoms with van der Waals surface area (Å²) in [7, 11) is 0. The van der Waals surface area contributed by atoms with Gasteiger partial charge in [-0.15, -0.1) is 0 Å². The molecule has 3 rings (SSSR count). The molecule has 2 atom stereocenters. The Morgan fingerprint density at radius 3 is 3.11 bits per heavy atom. The maximum absolute atomic E-state index is 5.81. The Kier molecular flexibility index (Phi) is 3.98. The van der Waals surface area contributed by atoms with Crippen molar-refractivity contribution in [2.45, 2.75) is 12.1 Å². The largest absolute Gasteiger partial charge is 0.374 e. The summed E-state index contributed by atoms with van der Waals surface area (Å²) in [4.78, 5) is 4.49. The van der Waals surface area contributed by atoms with E-state index in [1.54, 1.807) is 0 Å². The minimum atomic E-state index is -0.00935. The van der Waals surface area contributed by atoms with E-state index in [9.17, 15) is 0 Å². The van der Waals surface area contributed by atoms with Crippen molar-refractivity contribution in [2.75, 3.05) is 18.1 Å². The van der Waals surface area contributed by atoms with Crippen LogP contribution in [0.5, 0.6) is 0 Å². The summed E-state index contributed by atoms with van der Waals surface area (Å²) >= 11 is 1.90. The molecule has 2 aromatic rings. The molecule has 1 saturated heterocycles. The maximum atomic E-state index is 5.81. The molecule has 0 spiro atoms. The number of hydrogen-bond acceptors (Lipinski definition) is 5. The third kappa shape index (κ3) is 2.74. The fourth-order valence-corrected chi connectivity index (χ4v) is 3.28. The lowest BCUT2D eigenvalue weighted by Gasteiger charge is -2.29. The Morgan fingerprint density at radius 2 is 2.32 bits per heavy atom. The van der Waals surface area contributed by atoms with Crippen molar-refractivity contribution in [3.8, 4) is 0 Å². The number of thioether (sulfide) groups is 1. The highest BCUT2D eigenvalue weighted by molar-refractivity contribution is 7.99. The van der Waals surface area contributed by atoms with Crippen LogP contribution >= 0.6 is 11.8 Å². The second kappa shape index (κ2) is 5.88. The number of benzene rings is 1. The number of ether oxygens (including phenoxy) is 1. The first-order valence-corrected chi connectivity index (χ1v) is 7.54. The van der Waals surface area contributed by atoms with Gasteiger partial charge in [0.2, 0.25) is 0 Å². The first-order chi connectivity index (χ1) is 9.38. The highest BCUT2D eigenvalue weighted by Crippen LogP contribution is 2.26. The van der Waals surface area contributed by atoms with E-state index < -0.39 is 0 Å². The number of hydrogen-bond donors (Lipinski definition) is 2. The van der Waals surface area contributed by atoms with Crippen LogP contribution in [0.1, 0.15) is 11.6 Å². The first kappa shape index (κ1) is 12.9. The molecule has 1 fully saturated rings. The predicted octanol–water partition coefficient (Wildman–Crippen LogP) is 1.87. The molecule has 0 saturated carbocycles. The lowest BCUT2D eigenvalue weighted by molar-refractivity contribution is 0.0467. The molecule has 2 unspecified atom stereocenters. The van der Waals surface area contributed by atoms with Crippen LogP contribution in [0.3, 0.4) is 0 Å². The fraction of sp³-hybridized carbons (Fsp3) is 0.357. The van der Waals surface area contributed by atoms with Gasteiger partial charge in [0.25, 0.3) is 0 Å². The van der Waals surface area contributed by atoms with E-state index in [2.05, 4.69) is 22.5 Å². The fourth-order valence-electron chi connectivity index (χ4n) is 2.37. The molecule has 4 nitrogen and oxygen atoms in total. The Labute approximate surface area is 116 Å². The lowest BCUT2D eigenvalue weighted by Crippen LogP contribution is -2.41. The summed E-state index contributed by atoms with van der Waals surface area (Å²) in [6, 6.07) is 10.2. The van der Waals surface area contributed by atoms with Gasteiger partial charge < -0.3 is 4.74 Å². The summed E-state index contributed by atoms with van der Waals surface area (Å²) in [5, 5.41) is 1.13. The van der Waals surface area contributed by atoms with Crippen LogP contribution in [0.15, 0.2) is 36.5 Å². The molecule has 1 aromatic carbocycles. The van der Waals surface area contributed by atoms with Crippen LogP contribution in [-0.2, 0) is 4.74 Å². The minimum Gasteiger partial charge on any atom is -0.374 e. The Hall–Kier alpha value is -1.14. The molecule has 0 bridgehead atoms. The molecule has 1 aromatic heterocycles. The predicted molar refractivity (Wildman–Crippen MR) is 78.9 cm³/mol. The van der Waals surface area contributed by atoms with Gasteiger partial charge >= 0.3 is 0 Å².